The van der Waals surface area contributed by atoms with Gasteiger partial charge < -0.3 is 9.84 Å². The predicted octanol–water partition coefficient (Wildman–Crippen LogP) is 0.402. The second-order valence-corrected chi connectivity index (χ2v) is 2.09. The molecule has 1 heterocycles. The first-order valence-electron chi connectivity index (χ1n) is 2.76. The number of hydrogen-bond acceptors (Lipinski definition) is 3. The first kappa shape index (κ1) is 6.80. The van der Waals surface area contributed by atoms with E-state index >= 15 is 0 Å². The van der Waals surface area contributed by atoms with Crippen molar-refractivity contribution < 1.29 is 14.6 Å². The van der Waals surface area contributed by atoms with Crippen LogP contribution in [0.15, 0.2) is 17.5 Å². The van der Waals surface area contributed by atoms with Crippen molar-refractivity contribution in [3.63, 3.8) is 0 Å². The highest BCUT2D eigenvalue weighted by atomic mass is 16.5. The van der Waals surface area contributed by atoms with E-state index in [9.17, 15) is 4.79 Å². The summed E-state index contributed by atoms with van der Waals surface area (Å²) in [5.74, 6) is -1.04. The molecule has 0 bridgehead atoms. The van der Waals surface area contributed by atoms with E-state index in [1.807, 2.05) is 0 Å². The molecule has 0 amide bonds. The Balaban J connectivity index is 2.80. The van der Waals surface area contributed by atoms with Crippen LogP contribution in [-0.4, -0.2) is 22.9 Å². The molecule has 0 fully saturated rings. The highest BCUT2D eigenvalue weighted by Gasteiger charge is 2.33. The third-order valence-corrected chi connectivity index (χ3v) is 1.21. The summed E-state index contributed by atoms with van der Waals surface area (Å²) in [6.45, 7) is 1.43. The van der Waals surface area contributed by atoms with Crippen molar-refractivity contribution in [3.05, 3.63) is 12.5 Å². The first-order chi connectivity index (χ1) is 4.65. The molecule has 0 aromatic carbocycles. The van der Waals surface area contributed by atoms with E-state index in [1.165, 1.54) is 25.6 Å². The maximum atomic E-state index is 10.4. The molecule has 0 aromatic heterocycles. The number of carboxylic acid groups (broad SMARTS) is 1. The van der Waals surface area contributed by atoms with Gasteiger partial charge in [0, 0.05) is 0 Å². The largest absolute Gasteiger partial charge is 0.478 e. The van der Waals surface area contributed by atoms with Crippen molar-refractivity contribution in [1.29, 1.82) is 0 Å². The molecule has 1 atom stereocenters. The van der Waals surface area contributed by atoms with Gasteiger partial charge >= 0.3 is 5.97 Å². The van der Waals surface area contributed by atoms with E-state index in [-0.39, 0.29) is 0 Å². The van der Waals surface area contributed by atoms with Crippen LogP contribution in [0.3, 0.4) is 0 Å². The van der Waals surface area contributed by atoms with Crippen LogP contribution >= 0.6 is 0 Å². The average molecular weight is 141 g/mol. The molecule has 54 valence electrons. The van der Waals surface area contributed by atoms with Gasteiger partial charge in [-0.05, 0) is 6.92 Å². The minimum atomic E-state index is -1.28. The maximum absolute atomic E-state index is 10.4. The molecule has 0 aliphatic carbocycles. The average Bonchev–Trinajstić information content (AvgIpc) is 1.89. The van der Waals surface area contributed by atoms with Gasteiger partial charge in [-0.15, -0.1) is 0 Å². The van der Waals surface area contributed by atoms with Crippen molar-refractivity contribution in [2.75, 3.05) is 0 Å². The van der Waals surface area contributed by atoms with Gasteiger partial charge in [-0.3, -0.25) is 4.99 Å². The number of carboxylic acids is 1. The van der Waals surface area contributed by atoms with Gasteiger partial charge in [-0.1, -0.05) is 0 Å². The highest BCUT2D eigenvalue weighted by molar-refractivity contribution is 5.97. The van der Waals surface area contributed by atoms with Crippen molar-refractivity contribution in [2.45, 2.75) is 12.5 Å². The summed E-state index contributed by atoms with van der Waals surface area (Å²) in [5, 5.41) is 8.55. The van der Waals surface area contributed by atoms with Crippen LogP contribution < -0.4 is 0 Å². The van der Waals surface area contributed by atoms with E-state index in [4.69, 9.17) is 9.84 Å². The molecule has 4 heteroatoms. The molecule has 1 unspecified atom stereocenters. The van der Waals surface area contributed by atoms with Gasteiger partial charge in [-0.25, -0.2) is 4.79 Å². The number of carbonyl (C=O) groups is 1. The zero-order chi connectivity index (χ0) is 7.61. The standard InChI is InChI=1S/C6H7NO3/c1-6(5(8)9)4-7-2-3-10-6/h2-4H,1H3,(H,8,9). The summed E-state index contributed by atoms with van der Waals surface area (Å²) in [7, 11) is 0. The second-order valence-electron chi connectivity index (χ2n) is 2.09. The summed E-state index contributed by atoms with van der Waals surface area (Å²) < 4.78 is 4.80. The van der Waals surface area contributed by atoms with E-state index in [1.54, 1.807) is 0 Å². The van der Waals surface area contributed by atoms with Gasteiger partial charge in [-0.2, -0.15) is 0 Å². The lowest BCUT2D eigenvalue weighted by Crippen LogP contribution is -2.39. The number of aliphatic imine (C=N–C) groups is 1. The smallest absolute Gasteiger partial charge is 0.353 e. The molecule has 1 aliphatic rings. The first-order valence-corrected chi connectivity index (χ1v) is 2.76. The molecule has 0 saturated heterocycles. The van der Waals surface area contributed by atoms with Gasteiger partial charge in [0.15, 0.2) is 0 Å². The van der Waals surface area contributed by atoms with Crippen LogP contribution in [0.1, 0.15) is 6.92 Å². The number of hydrogen-bond donors (Lipinski definition) is 1. The van der Waals surface area contributed by atoms with E-state index in [0.29, 0.717) is 0 Å². The number of aliphatic carboxylic acids is 1. The molecular formula is C6H7NO3. The van der Waals surface area contributed by atoms with Crippen LogP contribution in [0.5, 0.6) is 0 Å². The topological polar surface area (TPSA) is 58.9 Å². The minimum Gasteiger partial charge on any atom is -0.478 e. The zero-order valence-corrected chi connectivity index (χ0v) is 5.44. The van der Waals surface area contributed by atoms with Crippen molar-refractivity contribution in [3.8, 4) is 0 Å². The van der Waals surface area contributed by atoms with Crippen LogP contribution in [-0.2, 0) is 9.53 Å². The third-order valence-electron chi connectivity index (χ3n) is 1.21. The number of rotatable bonds is 1. The Morgan fingerprint density at radius 3 is 2.80 bits per heavy atom. The molecule has 1 rings (SSSR count). The summed E-state index contributed by atoms with van der Waals surface area (Å²) in [4.78, 5) is 14.1. The normalized spacial score (nSPS) is 29.7. The molecule has 0 spiro atoms. The Morgan fingerprint density at radius 1 is 1.80 bits per heavy atom. The Bertz CT molecular complexity index is 209. The fraction of sp³-hybridized carbons (Fsp3) is 0.333. The quantitative estimate of drug-likeness (QED) is 0.575. The Morgan fingerprint density at radius 2 is 2.50 bits per heavy atom. The van der Waals surface area contributed by atoms with Crippen LogP contribution in [0, 0.1) is 0 Å². The van der Waals surface area contributed by atoms with E-state index < -0.39 is 11.6 Å². The minimum absolute atomic E-state index is 1.04. The Labute approximate surface area is 57.8 Å². The molecule has 1 aliphatic heterocycles. The molecule has 0 aromatic rings. The lowest BCUT2D eigenvalue weighted by Gasteiger charge is -2.20. The van der Waals surface area contributed by atoms with Gasteiger partial charge in [0.25, 0.3) is 0 Å². The van der Waals surface area contributed by atoms with Gasteiger partial charge in [0.05, 0.1) is 12.4 Å². The molecule has 0 saturated carbocycles. The summed E-state index contributed by atoms with van der Waals surface area (Å²) in [5.41, 5.74) is -1.28. The molecule has 0 radical (unpaired) electrons. The Kier molecular flexibility index (Phi) is 1.45. The van der Waals surface area contributed by atoms with E-state index in [2.05, 4.69) is 4.99 Å². The SMILES string of the molecule is CC1(C(=O)O)C=NC=CO1. The van der Waals surface area contributed by atoms with E-state index in [0.717, 1.165) is 0 Å². The van der Waals surface area contributed by atoms with Crippen molar-refractivity contribution in [2.24, 2.45) is 4.99 Å². The summed E-state index contributed by atoms with van der Waals surface area (Å²) in [6.07, 6.45) is 3.90. The third kappa shape index (κ3) is 1.00. The maximum Gasteiger partial charge on any atom is 0.353 e. The molecular weight excluding hydrogens is 134 g/mol. The zero-order valence-electron chi connectivity index (χ0n) is 5.44. The highest BCUT2D eigenvalue weighted by Crippen LogP contribution is 2.11. The van der Waals surface area contributed by atoms with Crippen molar-refractivity contribution in [1.82, 2.24) is 0 Å². The molecule has 10 heavy (non-hydrogen) atoms. The van der Waals surface area contributed by atoms with Crippen LogP contribution in [0.25, 0.3) is 0 Å². The monoisotopic (exact) mass is 141 g/mol. The summed E-state index contributed by atoms with van der Waals surface area (Å²) >= 11 is 0. The Hall–Kier alpha value is -1.32. The van der Waals surface area contributed by atoms with Crippen LogP contribution in [0.2, 0.25) is 0 Å². The molecule has 4 nitrogen and oxygen atoms in total. The van der Waals surface area contributed by atoms with Crippen molar-refractivity contribution >= 4 is 12.2 Å². The van der Waals surface area contributed by atoms with Crippen LogP contribution in [0.4, 0.5) is 0 Å². The second kappa shape index (κ2) is 2.13. The lowest BCUT2D eigenvalue weighted by atomic mass is 10.1. The summed E-state index contributed by atoms with van der Waals surface area (Å²) in [6, 6.07) is 0. The van der Waals surface area contributed by atoms with Gasteiger partial charge in [0.2, 0.25) is 5.60 Å². The van der Waals surface area contributed by atoms with Gasteiger partial charge in [0.1, 0.15) is 6.26 Å². The molecule has 1 N–H and O–H groups in total. The number of nitrogens with zero attached hydrogens (tertiary/aromatic N) is 1. The fourth-order valence-electron chi connectivity index (χ4n) is 0.528. The lowest BCUT2D eigenvalue weighted by molar-refractivity contribution is -0.150. The number of ether oxygens (including phenoxy) is 1. The fourth-order valence-corrected chi connectivity index (χ4v) is 0.528. The predicted molar refractivity (Wildman–Crippen MR) is 34.8 cm³/mol.